The van der Waals surface area contributed by atoms with Gasteiger partial charge in [0.2, 0.25) is 12.6 Å². The van der Waals surface area contributed by atoms with Gasteiger partial charge in [0.1, 0.15) is 95.9 Å². The van der Waals surface area contributed by atoms with E-state index in [2.05, 4.69) is 0 Å². The molecule has 0 spiro atoms. The summed E-state index contributed by atoms with van der Waals surface area (Å²) in [6.45, 7) is -2.61. The number of aromatic hydroxyl groups is 2. The molecule has 22 unspecified atom stereocenters. The Balaban J connectivity index is 0.869. The van der Waals surface area contributed by atoms with E-state index in [1.54, 1.807) is 36.4 Å². The number of ether oxygens (including phenoxy) is 10. The monoisotopic (exact) mass is 1020 g/mol. The Morgan fingerprint density at radius 1 is 0.514 bits per heavy atom. The molecule has 3 saturated carbocycles. The maximum Gasteiger partial charge on any atom is 0.310 e. The molecule has 2 aromatic rings. The summed E-state index contributed by atoms with van der Waals surface area (Å²) in [6.07, 6.45) is -17.2. The van der Waals surface area contributed by atoms with Gasteiger partial charge in [-0.2, -0.15) is 0 Å². The predicted molar refractivity (Wildman–Crippen MR) is 230 cm³/mol. The Morgan fingerprint density at radius 2 is 0.889 bits per heavy atom. The zero-order chi connectivity index (χ0) is 50.7. The first-order valence-corrected chi connectivity index (χ1v) is 23.7. The number of esters is 2. The van der Waals surface area contributed by atoms with E-state index in [0.717, 1.165) is 0 Å². The van der Waals surface area contributed by atoms with Crippen molar-refractivity contribution in [2.45, 2.75) is 121 Å². The molecule has 9 aliphatic rings. The minimum Gasteiger partial charge on any atom is -0.508 e. The number of rotatable bonds is 14. The minimum atomic E-state index is -1.79. The fraction of sp³-hybridized carbons (Fsp3) is 0.625. The molecule has 24 heteroatoms. The Morgan fingerprint density at radius 3 is 1.24 bits per heavy atom. The summed E-state index contributed by atoms with van der Waals surface area (Å²) >= 11 is 0. The molecule has 6 aliphatic heterocycles. The molecule has 4 saturated heterocycles. The van der Waals surface area contributed by atoms with Crippen LogP contribution in [0.4, 0.5) is 0 Å². The summed E-state index contributed by atoms with van der Waals surface area (Å²) in [5.41, 5.74) is -1.89. The standard InChI is InChI=1S/C48H56O24/c49-13-23-31(55)33(57)35(59)45(65-23)69-43-29-21(9-11-63-43)37(39-47(29,15-51)71-39)67-41(61)27-25(17-1-5-19(53)6-2-17)28(26(27)18-3-7-20(54)8-4-18)42(62)68-38-22-10-12-64-44(30(22)48(16-52)40(38)72-48)70-46-36(60)34(58)32(56)24(14-50)66-46/h1-12,21-40,43-46,49-60H,13-16H2. The molecule has 0 amide bonds. The predicted octanol–water partition coefficient (Wildman–Crippen LogP) is -3.84. The number of aliphatic hydroxyl groups is 10. The smallest absolute Gasteiger partial charge is 0.310 e. The van der Waals surface area contributed by atoms with Crippen LogP contribution in [0.25, 0.3) is 0 Å². The molecule has 22 atom stereocenters. The second-order valence-corrected chi connectivity index (χ2v) is 19.9. The quantitative estimate of drug-likeness (QED) is 0.0637. The average molecular weight is 1020 g/mol. The lowest BCUT2D eigenvalue weighted by Crippen LogP contribution is -2.60. The SMILES string of the molecule is O=C(OC1C2C=COC(OC3OC(CO)C(O)C(O)C3O)C2C2(CO)OC12)C1C(c2ccc(O)cc2)C(C(=O)OC2C3C=COC(OC4OC(CO)C(O)C(O)C4O)C3C3(CO)OC23)C1c1ccc(O)cc1. The molecule has 12 N–H and O–H groups in total. The van der Waals surface area contributed by atoms with Gasteiger partial charge in [-0.05, 0) is 47.5 Å². The van der Waals surface area contributed by atoms with E-state index in [0.29, 0.717) is 11.1 Å². The number of fused-ring (bicyclic) bond motifs is 6. The van der Waals surface area contributed by atoms with Gasteiger partial charge in [-0.15, -0.1) is 0 Å². The van der Waals surface area contributed by atoms with Crippen molar-refractivity contribution in [1.29, 1.82) is 0 Å². The van der Waals surface area contributed by atoms with Crippen LogP contribution < -0.4 is 0 Å². The van der Waals surface area contributed by atoms with Crippen LogP contribution in [0.2, 0.25) is 0 Å². The van der Waals surface area contributed by atoms with Crippen LogP contribution in [0.1, 0.15) is 23.0 Å². The van der Waals surface area contributed by atoms with E-state index in [9.17, 15) is 61.3 Å². The Bertz CT molecular complexity index is 2210. The van der Waals surface area contributed by atoms with E-state index < -0.39 is 195 Å². The van der Waals surface area contributed by atoms with Crippen molar-refractivity contribution in [2.75, 3.05) is 26.4 Å². The molecule has 7 fully saturated rings. The zero-order valence-corrected chi connectivity index (χ0v) is 37.9. The first-order chi connectivity index (χ1) is 34.6. The molecule has 0 bridgehead atoms. The number of epoxide rings is 2. The highest BCUT2D eigenvalue weighted by molar-refractivity contribution is 5.86. The summed E-state index contributed by atoms with van der Waals surface area (Å²) in [5, 5.41) is 125. The Kier molecular flexibility index (Phi) is 12.9. The molecule has 0 radical (unpaired) electrons. The highest BCUT2D eigenvalue weighted by atomic mass is 16.8. The van der Waals surface area contributed by atoms with Crippen molar-refractivity contribution in [3.05, 3.63) is 84.3 Å². The number of hydrogen-bond acceptors (Lipinski definition) is 24. The number of carbonyl (C=O) groups is 2. The van der Waals surface area contributed by atoms with E-state index >= 15 is 9.59 Å². The zero-order valence-electron chi connectivity index (χ0n) is 37.9. The van der Waals surface area contributed by atoms with Crippen LogP contribution in [-0.2, 0) is 57.0 Å². The van der Waals surface area contributed by atoms with Crippen molar-refractivity contribution in [3.63, 3.8) is 0 Å². The molecular formula is C48H56O24. The number of carbonyl (C=O) groups excluding carboxylic acids is 2. The number of benzene rings is 2. The maximum atomic E-state index is 15.1. The van der Waals surface area contributed by atoms with Crippen LogP contribution in [0.5, 0.6) is 11.5 Å². The van der Waals surface area contributed by atoms with Gasteiger partial charge in [-0.25, -0.2) is 0 Å². The molecule has 6 heterocycles. The van der Waals surface area contributed by atoms with E-state index in [4.69, 9.17) is 47.4 Å². The lowest BCUT2D eigenvalue weighted by atomic mass is 9.52. The van der Waals surface area contributed by atoms with E-state index in [1.807, 2.05) is 0 Å². The Labute approximate surface area is 408 Å². The largest absolute Gasteiger partial charge is 0.508 e. The molecule has 72 heavy (non-hydrogen) atoms. The summed E-state index contributed by atoms with van der Waals surface area (Å²) in [4.78, 5) is 30.1. The van der Waals surface area contributed by atoms with Gasteiger partial charge < -0.3 is 109 Å². The van der Waals surface area contributed by atoms with Gasteiger partial charge in [0.05, 0.1) is 62.6 Å². The van der Waals surface area contributed by atoms with Gasteiger partial charge in [-0.1, -0.05) is 24.3 Å². The fourth-order valence-electron chi connectivity index (χ4n) is 12.6. The van der Waals surface area contributed by atoms with Crippen LogP contribution in [0.3, 0.4) is 0 Å². The maximum absolute atomic E-state index is 15.1. The van der Waals surface area contributed by atoms with Crippen LogP contribution >= 0.6 is 0 Å². The molecule has 11 rings (SSSR count). The van der Waals surface area contributed by atoms with Crippen LogP contribution in [-0.4, -0.2) is 209 Å². The third-order valence-electron chi connectivity index (χ3n) is 16.3. The van der Waals surface area contributed by atoms with Crippen molar-refractivity contribution in [3.8, 4) is 11.5 Å². The minimum absolute atomic E-state index is 0.101. The third kappa shape index (κ3) is 7.73. The van der Waals surface area contributed by atoms with E-state index in [1.165, 1.54) is 36.8 Å². The second-order valence-electron chi connectivity index (χ2n) is 19.9. The Hall–Kier alpha value is -4.58. The van der Waals surface area contributed by atoms with Crippen molar-refractivity contribution in [1.82, 2.24) is 0 Å². The molecular weight excluding hydrogens is 961 g/mol. The van der Waals surface area contributed by atoms with Gasteiger partial charge >= 0.3 is 11.9 Å². The van der Waals surface area contributed by atoms with Gasteiger partial charge in [0.25, 0.3) is 0 Å². The van der Waals surface area contributed by atoms with Gasteiger partial charge in [0.15, 0.2) is 12.6 Å². The van der Waals surface area contributed by atoms with E-state index in [-0.39, 0.29) is 11.5 Å². The van der Waals surface area contributed by atoms with Crippen LogP contribution in [0, 0.1) is 35.5 Å². The number of phenols is 2. The highest BCUT2D eigenvalue weighted by Gasteiger charge is 2.79. The van der Waals surface area contributed by atoms with Crippen molar-refractivity contribution >= 4 is 11.9 Å². The first kappa shape index (κ1) is 49.6. The topological polar surface area (TPSA) is 376 Å². The summed E-state index contributed by atoms with van der Waals surface area (Å²) in [7, 11) is 0. The molecule has 2 aromatic carbocycles. The van der Waals surface area contributed by atoms with Crippen molar-refractivity contribution in [2.24, 2.45) is 35.5 Å². The van der Waals surface area contributed by atoms with Crippen LogP contribution in [0.15, 0.2) is 73.2 Å². The normalized spacial score (nSPS) is 48.1. The second kappa shape index (κ2) is 18.7. The summed E-state index contributed by atoms with van der Waals surface area (Å²) < 4.78 is 59.7. The lowest BCUT2D eigenvalue weighted by molar-refractivity contribution is -0.344. The summed E-state index contributed by atoms with van der Waals surface area (Å²) in [5.74, 6) is -9.34. The van der Waals surface area contributed by atoms with Crippen molar-refractivity contribution < 1.29 is 118 Å². The molecule has 392 valence electrons. The number of hydrogen-bond donors (Lipinski definition) is 12. The molecule has 0 aromatic heterocycles. The van der Waals surface area contributed by atoms with Gasteiger partial charge in [0, 0.05) is 23.7 Å². The third-order valence-corrected chi connectivity index (χ3v) is 16.3. The first-order valence-electron chi connectivity index (χ1n) is 23.7. The molecule has 3 aliphatic carbocycles. The number of phenolic OH excluding ortho intramolecular Hbond substituents is 2. The lowest BCUT2D eigenvalue weighted by Gasteiger charge is -2.50. The highest BCUT2D eigenvalue weighted by Crippen LogP contribution is 2.65. The molecule has 24 nitrogen and oxygen atoms in total. The average Bonchev–Trinajstić information content (AvgIpc) is 4.26. The summed E-state index contributed by atoms with van der Waals surface area (Å²) in [6, 6.07) is 11.8. The number of aliphatic hydroxyl groups excluding tert-OH is 10. The fourth-order valence-corrected chi connectivity index (χ4v) is 12.6. The van der Waals surface area contributed by atoms with Gasteiger partial charge in [-0.3, -0.25) is 9.59 Å².